The number of carbonyl (C=O) groups is 4. The van der Waals surface area contributed by atoms with Gasteiger partial charge in [0.1, 0.15) is 12.1 Å². The molecule has 0 bridgehead atoms. The second-order valence-corrected chi connectivity index (χ2v) is 11.7. The molecule has 52 heavy (non-hydrogen) atoms. The van der Waals surface area contributed by atoms with Crippen LogP contribution >= 0.6 is 0 Å². The van der Waals surface area contributed by atoms with Gasteiger partial charge in [0.2, 0.25) is 5.91 Å². The van der Waals surface area contributed by atoms with Crippen molar-refractivity contribution in [1.29, 1.82) is 0 Å². The molecular weight excluding hydrogens is 710 g/mol. The molecule has 2 aliphatic heterocycles. The lowest BCUT2D eigenvalue weighted by molar-refractivity contribution is -0.193. The smallest absolute Gasteiger partial charge is 0.475 e. The molecule has 2 saturated heterocycles. The van der Waals surface area contributed by atoms with Gasteiger partial charge >= 0.3 is 30.3 Å². The van der Waals surface area contributed by atoms with Gasteiger partial charge in [-0.15, -0.1) is 0 Å². The summed E-state index contributed by atoms with van der Waals surface area (Å²) in [7, 11) is 0. The maximum absolute atomic E-state index is 13.6. The van der Waals surface area contributed by atoms with Crippen LogP contribution in [-0.2, 0) is 14.4 Å². The molecule has 5 heterocycles. The summed E-state index contributed by atoms with van der Waals surface area (Å²) in [6.45, 7) is 7.94. The highest BCUT2D eigenvalue weighted by Gasteiger charge is 2.41. The molecule has 6 rings (SSSR count). The first-order chi connectivity index (χ1) is 24.4. The van der Waals surface area contributed by atoms with Crippen molar-refractivity contribution in [3.05, 3.63) is 49.1 Å². The molecular formula is C30H32F6N10O6. The number of hydrogen-bond acceptors (Lipinski definition) is 9. The number of piperazine rings is 1. The molecule has 0 spiro atoms. The summed E-state index contributed by atoms with van der Waals surface area (Å²) in [5, 5.41) is 28.4. The number of carboxylic acid groups (broad SMARTS) is 2. The quantitative estimate of drug-likeness (QED) is 0.203. The molecule has 16 nitrogen and oxygen atoms in total. The number of H-pyrrole nitrogens is 1. The Morgan fingerprint density at radius 2 is 1.58 bits per heavy atom. The van der Waals surface area contributed by atoms with E-state index in [-0.39, 0.29) is 23.9 Å². The van der Waals surface area contributed by atoms with E-state index in [1.54, 1.807) is 10.7 Å². The van der Waals surface area contributed by atoms with Gasteiger partial charge < -0.3 is 20.4 Å². The van der Waals surface area contributed by atoms with Crippen LogP contribution in [-0.4, -0.2) is 131 Å². The lowest BCUT2D eigenvalue weighted by Crippen LogP contribution is -2.49. The lowest BCUT2D eigenvalue weighted by Gasteiger charge is -2.28. The molecule has 0 saturated carbocycles. The highest BCUT2D eigenvalue weighted by atomic mass is 19.4. The number of rotatable bonds is 7. The fourth-order valence-electron chi connectivity index (χ4n) is 5.14. The minimum atomic E-state index is -5.08. The zero-order chi connectivity index (χ0) is 38.4. The van der Waals surface area contributed by atoms with Crippen LogP contribution in [0.15, 0.2) is 49.1 Å². The van der Waals surface area contributed by atoms with Crippen molar-refractivity contribution in [3.8, 4) is 22.5 Å². The summed E-state index contributed by atoms with van der Waals surface area (Å²) in [4.78, 5) is 58.1. The molecule has 3 amide bonds. The number of nitrogens with one attached hydrogen (secondary N) is 2. The van der Waals surface area contributed by atoms with Crippen molar-refractivity contribution in [3.63, 3.8) is 0 Å². The van der Waals surface area contributed by atoms with E-state index in [4.69, 9.17) is 24.8 Å². The van der Waals surface area contributed by atoms with Gasteiger partial charge in [-0.25, -0.2) is 28.9 Å². The summed E-state index contributed by atoms with van der Waals surface area (Å²) < 4.78 is 65.2. The fourth-order valence-corrected chi connectivity index (χ4v) is 5.14. The summed E-state index contributed by atoms with van der Waals surface area (Å²) in [6.07, 6.45) is -5.04. The van der Waals surface area contributed by atoms with Gasteiger partial charge in [-0.2, -0.15) is 36.5 Å². The molecule has 4 N–H and O–H groups in total. The number of carbonyl (C=O) groups excluding carboxylic acids is 2. The van der Waals surface area contributed by atoms with Crippen LogP contribution in [0.1, 0.15) is 13.8 Å². The largest absolute Gasteiger partial charge is 0.490 e. The Hall–Kier alpha value is -5.80. The van der Waals surface area contributed by atoms with Crippen molar-refractivity contribution in [2.45, 2.75) is 32.2 Å². The number of anilines is 1. The summed E-state index contributed by atoms with van der Waals surface area (Å²) in [6, 6.07) is 9.75. The first-order valence-electron chi connectivity index (χ1n) is 15.3. The average molecular weight is 743 g/mol. The maximum atomic E-state index is 13.6. The molecule has 280 valence electrons. The van der Waals surface area contributed by atoms with E-state index in [1.165, 1.54) is 6.33 Å². The maximum Gasteiger partial charge on any atom is 0.490 e. The minimum absolute atomic E-state index is 0.00494. The topological polar surface area (TPSA) is 202 Å². The zero-order valence-corrected chi connectivity index (χ0v) is 27.4. The molecule has 2 fully saturated rings. The van der Waals surface area contributed by atoms with Crippen molar-refractivity contribution < 1.29 is 55.7 Å². The van der Waals surface area contributed by atoms with E-state index in [0.717, 1.165) is 23.2 Å². The molecule has 2 aliphatic rings. The number of alkyl halides is 6. The predicted molar refractivity (Wildman–Crippen MR) is 169 cm³/mol. The predicted octanol–water partition coefficient (Wildman–Crippen LogP) is 3.15. The highest BCUT2D eigenvalue weighted by Crippen LogP contribution is 2.31. The third kappa shape index (κ3) is 9.70. The molecule has 1 atom stereocenters. The number of carboxylic acids is 2. The fraction of sp³-hybridized carbons (Fsp3) is 0.400. The Labute approximate surface area is 290 Å². The number of aromatic amines is 1. The number of fused-ring (bicyclic) bond motifs is 1. The van der Waals surface area contributed by atoms with Gasteiger partial charge in [-0.05, 0) is 17.5 Å². The Morgan fingerprint density at radius 1 is 0.962 bits per heavy atom. The van der Waals surface area contributed by atoms with Crippen LogP contribution in [0.25, 0.3) is 28.2 Å². The number of aromatic nitrogens is 6. The van der Waals surface area contributed by atoms with Gasteiger partial charge in [-0.3, -0.25) is 19.7 Å². The van der Waals surface area contributed by atoms with Gasteiger partial charge in [0.25, 0.3) is 0 Å². The monoisotopic (exact) mass is 742 g/mol. The Balaban J connectivity index is 0.000000367. The van der Waals surface area contributed by atoms with Crippen LogP contribution in [0.3, 0.4) is 0 Å². The number of urea groups is 1. The lowest BCUT2D eigenvalue weighted by atomic mass is 10.0. The summed E-state index contributed by atoms with van der Waals surface area (Å²) >= 11 is 0. The minimum Gasteiger partial charge on any atom is -0.475 e. The van der Waals surface area contributed by atoms with E-state index in [1.807, 2.05) is 46.3 Å². The number of nitrogens with zero attached hydrogens (tertiary/aromatic N) is 8. The van der Waals surface area contributed by atoms with E-state index in [2.05, 4.69) is 44.3 Å². The van der Waals surface area contributed by atoms with E-state index < -0.39 is 24.3 Å². The molecule has 1 aromatic carbocycles. The normalized spacial score (nSPS) is 16.7. The second kappa shape index (κ2) is 16.0. The van der Waals surface area contributed by atoms with Crippen LogP contribution < -0.4 is 10.2 Å². The Morgan fingerprint density at radius 3 is 2.12 bits per heavy atom. The van der Waals surface area contributed by atoms with E-state index in [0.29, 0.717) is 50.0 Å². The van der Waals surface area contributed by atoms with E-state index >= 15 is 0 Å². The Kier molecular flexibility index (Phi) is 12.0. The van der Waals surface area contributed by atoms with Gasteiger partial charge in [-0.1, -0.05) is 38.1 Å². The molecule has 4 aromatic rings. The van der Waals surface area contributed by atoms with Crippen molar-refractivity contribution >= 4 is 35.3 Å². The van der Waals surface area contributed by atoms with Gasteiger partial charge in [0.05, 0.1) is 18.8 Å². The standard InChI is InChI=1S/C26H30N10O2.2C2HF3O2/c1-17(2)21-14-34(12-11-33-10-8-27-23(37)15-33)26(38)36(21)22-7-9-35-25(31-22)20(13-30-35)18-3-5-19(6-4-18)24-28-16-29-32-24;2*3-2(4,5)1(6)7/h3-7,9,13,16-17,21H,8,10-12,14-15H2,1-2H3,(H,27,37)(H,28,29,32);2*(H,6,7)/t21-;;/m1../s1. The molecule has 0 radical (unpaired) electrons. The number of amides is 3. The Bertz CT molecular complexity index is 1840. The number of hydrogen-bond donors (Lipinski definition) is 4. The van der Waals surface area contributed by atoms with Gasteiger partial charge in [0, 0.05) is 50.0 Å². The van der Waals surface area contributed by atoms with Crippen molar-refractivity contribution in [2.75, 3.05) is 44.2 Å². The SMILES string of the molecule is CC(C)[C@H]1CN(CCN2CCNC(=O)C2)C(=O)N1c1ccn2ncc(-c3ccc(-c4ncn[nH]4)cc3)c2n1.O=C(O)C(F)(F)F.O=C(O)C(F)(F)F. The third-order valence-corrected chi connectivity index (χ3v) is 7.76. The first kappa shape index (κ1) is 39.0. The third-order valence-electron chi connectivity index (χ3n) is 7.76. The second-order valence-electron chi connectivity index (χ2n) is 11.7. The van der Waals surface area contributed by atoms with Crippen LogP contribution in [0.4, 0.5) is 37.0 Å². The van der Waals surface area contributed by atoms with Crippen molar-refractivity contribution in [1.82, 2.24) is 44.9 Å². The molecule has 22 heteroatoms. The highest BCUT2D eigenvalue weighted by molar-refractivity contribution is 5.94. The van der Waals surface area contributed by atoms with Crippen LogP contribution in [0.2, 0.25) is 0 Å². The molecule has 0 aliphatic carbocycles. The number of halogens is 6. The summed E-state index contributed by atoms with van der Waals surface area (Å²) in [5.74, 6) is -3.92. The number of aliphatic carboxylic acids is 2. The zero-order valence-electron chi connectivity index (χ0n) is 27.4. The van der Waals surface area contributed by atoms with Gasteiger partial charge in [0.15, 0.2) is 11.5 Å². The summed E-state index contributed by atoms with van der Waals surface area (Å²) in [5.41, 5.74) is 3.46. The molecule has 0 unspecified atom stereocenters. The van der Waals surface area contributed by atoms with Crippen LogP contribution in [0, 0.1) is 5.92 Å². The number of benzene rings is 1. The van der Waals surface area contributed by atoms with Crippen molar-refractivity contribution in [2.24, 2.45) is 5.92 Å². The average Bonchev–Trinajstić information content (AvgIpc) is 3.83. The van der Waals surface area contributed by atoms with Crippen LogP contribution in [0.5, 0.6) is 0 Å². The first-order valence-corrected chi connectivity index (χ1v) is 15.3. The van der Waals surface area contributed by atoms with E-state index in [9.17, 15) is 35.9 Å². The molecule has 3 aromatic heterocycles.